The van der Waals surface area contributed by atoms with Gasteiger partial charge in [0.15, 0.2) is 0 Å². The Labute approximate surface area is 68.1 Å². The zero-order chi connectivity index (χ0) is 8.27. The van der Waals surface area contributed by atoms with E-state index >= 15 is 0 Å². The predicted molar refractivity (Wildman–Crippen MR) is 40.3 cm³/mol. The van der Waals surface area contributed by atoms with Crippen molar-refractivity contribution in [1.82, 2.24) is 0 Å². The van der Waals surface area contributed by atoms with Crippen molar-refractivity contribution in [2.45, 2.75) is 0 Å². The van der Waals surface area contributed by atoms with Gasteiger partial charge in [-0.05, 0) is 0 Å². The molecule has 4 heteroatoms. The Morgan fingerprint density at radius 2 is 2.18 bits per heavy atom. The Balaban J connectivity index is 3.26. The van der Waals surface area contributed by atoms with E-state index in [4.69, 9.17) is 15.3 Å². The molecule has 1 heterocycles. The van der Waals surface area contributed by atoms with Crippen LogP contribution in [0.15, 0.2) is 5.38 Å². The van der Waals surface area contributed by atoms with Gasteiger partial charge in [0, 0.05) is 5.38 Å². The van der Waals surface area contributed by atoms with E-state index in [2.05, 4.69) is 0 Å². The smallest absolute Gasteiger partial charge is 0.148 e. The Morgan fingerprint density at radius 1 is 1.45 bits per heavy atom. The summed E-state index contributed by atoms with van der Waals surface area (Å²) in [5.41, 5.74) is 0.333. The number of thiophene rings is 1. The summed E-state index contributed by atoms with van der Waals surface area (Å²) in [5, 5.41) is 18.7. The van der Waals surface area contributed by atoms with Gasteiger partial charge in [-0.1, -0.05) is 0 Å². The maximum Gasteiger partial charge on any atom is 0.148 e. The molecule has 0 bridgehead atoms. The van der Waals surface area contributed by atoms with Crippen molar-refractivity contribution in [3.8, 4) is 17.9 Å². The number of ether oxygens (including phenoxy) is 1. The molecule has 0 aliphatic carbocycles. The highest BCUT2D eigenvalue weighted by Gasteiger charge is 2.10. The Hall–Kier alpha value is -1.52. The Bertz CT molecular complexity index is 342. The fraction of sp³-hybridized carbons (Fsp3) is 0.143. The lowest BCUT2D eigenvalue weighted by Gasteiger charge is -1.92. The summed E-state index contributed by atoms with van der Waals surface area (Å²) < 4.78 is 4.86. The molecule has 0 unspecified atom stereocenters. The lowest BCUT2D eigenvalue weighted by Crippen LogP contribution is -1.83. The Morgan fingerprint density at radius 3 is 2.64 bits per heavy atom. The van der Waals surface area contributed by atoms with E-state index in [0.717, 1.165) is 0 Å². The van der Waals surface area contributed by atoms with Gasteiger partial charge in [-0.15, -0.1) is 11.3 Å². The summed E-state index contributed by atoms with van der Waals surface area (Å²) in [6.45, 7) is 0. The molecule has 0 saturated carbocycles. The average molecular weight is 164 g/mol. The average Bonchev–Trinajstić information content (AvgIpc) is 2.45. The molecule has 0 amide bonds. The second-order valence-electron chi connectivity index (χ2n) is 1.73. The van der Waals surface area contributed by atoms with E-state index in [9.17, 15) is 0 Å². The topological polar surface area (TPSA) is 56.8 Å². The molecule has 0 atom stereocenters. The van der Waals surface area contributed by atoms with E-state index < -0.39 is 0 Å². The van der Waals surface area contributed by atoms with Crippen LogP contribution >= 0.6 is 11.3 Å². The molecule has 0 aromatic carbocycles. The van der Waals surface area contributed by atoms with Crippen LogP contribution in [0.5, 0.6) is 5.75 Å². The van der Waals surface area contributed by atoms with Gasteiger partial charge >= 0.3 is 0 Å². The molecule has 0 spiro atoms. The molecule has 54 valence electrons. The molecule has 0 fully saturated rings. The molecule has 0 N–H and O–H groups in total. The van der Waals surface area contributed by atoms with E-state index in [0.29, 0.717) is 16.2 Å². The normalized spacial score (nSPS) is 8.27. The minimum atomic E-state index is 0.333. The molecule has 1 aromatic heterocycles. The highest BCUT2D eigenvalue weighted by Crippen LogP contribution is 2.27. The number of methoxy groups -OCH3 is 1. The summed E-state index contributed by atoms with van der Waals surface area (Å²) in [6, 6.07) is 3.83. The SMILES string of the molecule is COc1csc(C#N)c1C#N. The van der Waals surface area contributed by atoms with Crippen molar-refractivity contribution in [1.29, 1.82) is 10.5 Å². The van der Waals surface area contributed by atoms with Crippen molar-refractivity contribution in [3.63, 3.8) is 0 Å². The molecule has 3 nitrogen and oxygen atoms in total. The fourth-order valence-corrected chi connectivity index (χ4v) is 1.44. The largest absolute Gasteiger partial charge is 0.494 e. The number of nitriles is 2. The van der Waals surface area contributed by atoms with Crippen LogP contribution in [0.1, 0.15) is 10.4 Å². The first kappa shape index (κ1) is 7.59. The molecule has 1 aromatic rings. The maximum absolute atomic E-state index is 8.58. The first-order chi connectivity index (χ1) is 5.33. The Kier molecular flexibility index (Phi) is 2.10. The van der Waals surface area contributed by atoms with Crippen LogP contribution in [0.3, 0.4) is 0 Å². The molecule has 11 heavy (non-hydrogen) atoms. The van der Waals surface area contributed by atoms with Gasteiger partial charge in [-0.25, -0.2) is 0 Å². The van der Waals surface area contributed by atoms with Crippen molar-refractivity contribution >= 4 is 11.3 Å². The number of rotatable bonds is 1. The molecular weight excluding hydrogens is 160 g/mol. The van der Waals surface area contributed by atoms with Gasteiger partial charge in [0.25, 0.3) is 0 Å². The molecule has 1 rings (SSSR count). The van der Waals surface area contributed by atoms with E-state index in [-0.39, 0.29) is 0 Å². The molecule has 0 aliphatic heterocycles. The van der Waals surface area contributed by atoms with Crippen LogP contribution in [0.4, 0.5) is 0 Å². The number of hydrogen-bond acceptors (Lipinski definition) is 4. The minimum absolute atomic E-state index is 0.333. The third kappa shape index (κ3) is 1.17. The second kappa shape index (κ2) is 3.05. The van der Waals surface area contributed by atoms with Crippen LogP contribution in [-0.2, 0) is 0 Å². The van der Waals surface area contributed by atoms with Crippen LogP contribution in [0.2, 0.25) is 0 Å². The lowest BCUT2D eigenvalue weighted by molar-refractivity contribution is 0.415. The van der Waals surface area contributed by atoms with E-state index in [1.807, 2.05) is 12.1 Å². The van der Waals surface area contributed by atoms with Gasteiger partial charge in [0.1, 0.15) is 28.3 Å². The van der Waals surface area contributed by atoms with Gasteiger partial charge in [0.05, 0.1) is 7.11 Å². The summed E-state index contributed by atoms with van der Waals surface area (Å²) in [4.78, 5) is 0.407. The van der Waals surface area contributed by atoms with Crippen LogP contribution in [0.25, 0.3) is 0 Å². The monoisotopic (exact) mass is 164 g/mol. The number of nitrogens with zero attached hydrogens (tertiary/aromatic N) is 2. The summed E-state index contributed by atoms with van der Waals surface area (Å²) in [6.07, 6.45) is 0. The third-order valence-electron chi connectivity index (χ3n) is 1.19. The zero-order valence-electron chi connectivity index (χ0n) is 5.79. The summed E-state index contributed by atoms with van der Waals surface area (Å²) >= 11 is 1.22. The van der Waals surface area contributed by atoms with Crippen molar-refractivity contribution < 1.29 is 4.74 Å². The van der Waals surface area contributed by atoms with E-state index in [1.54, 1.807) is 5.38 Å². The second-order valence-corrected chi connectivity index (χ2v) is 2.61. The molecule has 0 radical (unpaired) electrons. The lowest BCUT2D eigenvalue weighted by atomic mass is 10.3. The quantitative estimate of drug-likeness (QED) is 0.632. The van der Waals surface area contributed by atoms with Gasteiger partial charge in [-0.2, -0.15) is 10.5 Å². The first-order valence-electron chi connectivity index (χ1n) is 2.79. The highest BCUT2D eigenvalue weighted by molar-refractivity contribution is 7.11. The molecular formula is C7H4N2OS. The number of hydrogen-bond donors (Lipinski definition) is 0. The first-order valence-corrected chi connectivity index (χ1v) is 3.67. The van der Waals surface area contributed by atoms with Crippen molar-refractivity contribution in [2.75, 3.05) is 7.11 Å². The summed E-state index contributed by atoms with van der Waals surface area (Å²) in [5.74, 6) is 0.481. The molecule has 0 saturated heterocycles. The highest BCUT2D eigenvalue weighted by atomic mass is 32.1. The van der Waals surface area contributed by atoms with Gasteiger partial charge in [0.2, 0.25) is 0 Å². The fourth-order valence-electron chi connectivity index (χ4n) is 0.680. The van der Waals surface area contributed by atoms with Crippen LogP contribution < -0.4 is 4.74 Å². The van der Waals surface area contributed by atoms with Crippen LogP contribution in [0, 0.1) is 22.7 Å². The van der Waals surface area contributed by atoms with Crippen LogP contribution in [-0.4, -0.2) is 7.11 Å². The zero-order valence-corrected chi connectivity index (χ0v) is 6.60. The minimum Gasteiger partial charge on any atom is -0.494 e. The van der Waals surface area contributed by atoms with Gasteiger partial charge < -0.3 is 4.74 Å². The standard InChI is InChI=1S/C7H4N2OS/c1-10-6-4-11-7(3-9)5(6)2-8/h4H,1H3. The maximum atomic E-state index is 8.58. The van der Waals surface area contributed by atoms with Crippen molar-refractivity contribution in [2.24, 2.45) is 0 Å². The van der Waals surface area contributed by atoms with Gasteiger partial charge in [-0.3, -0.25) is 0 Å². The van der Waals surface area contributed by atoms with Crippen molar-refractivity contribution in [3.05, 3.63) is 15.8 Å². The predicted octanol–water partition coefficient (Wildman–Crippen LogP) is 1.50. The third-order valence-corrected chi connectivity index (χ3v) is 2.05. The molecule has 0 aliphatic rings. The van der Waals surface area contributed by atoms with E-state index in [1.165, 1.54) is 18.4 Å². The summed E-state index contributed by atoms with van der Waals surface area (Å²) in [7, 11) is 1.48.